The Morgan fingerprint density at radius 3 is 3.27 bits per heavy atom. The minimum absolute atomic E-state index is 0.506. The normalized spacial score (nSPS) is 23.9. The number of nitrogens with one attached hydrogen (secondary N) is 2. The average Bonchev–Trinajstić information content (AvgIpc) is 2.81. The first kappa shape index (κ1) is 11.1. The lowest BCUT2D eigenvalue weighted by atomic mass is 9.99. The molecule has 84 valence electrons. The summed E-state index contributed by atoms with van der Waals surface area (Å²) in [7, 11) is 0. The molecule has 0 aromatic carbocycles. The maximum absolute atomic E-state index is 3.63. The molecule has 3 heteroatoms. The second-order valence-corrected chi connectivity index (χ2v) is 5.34. The van der Waals surface area contributed by atoms with Crippen LogP contribution in [0.1, 0.15) is 30.7 Å². The van der Waals surface area contributed by atoms with Crippen LogP contribution in [0.25, 0.3) is 0 Å². The fraction of sp³-hybridized carbons (Fsp3) is 0.667. The molecule has 1 fully saturated rings. The highest BCUT2D eigenvalue weighted by Crippen LogP contribution is 2.19. The van der Waals surface area contributed by atoms with Crippen molar-refractivity contribution < 1.29 is 0 Å². The molecule has 0 bridgehead atoms. The van der Waals surface area contributed by atoms with Gasteiger partial charge in [-0.3, -0.25) is 0 Å². The highest BCUT2D eigenvalue weighted by Gasteiger charge is 2.14. The quantitative estimate of drug-likeness (QED) is 0.820. The summed E-state index contributed by atoms with van der Waals surface area (Å²) in [4.78, 5) is 1.44. The van der Waals surface area contributed by atoms with Crippen LogP contribution >= 0.6 is 11.3 Å². The molecule has 0 radical (unpaired) electrons. The van der Waals surface area contributed by atoms with Gasteiger partial charge in [0.05, 0.1) is 0 Å². The zero-order chi connectivity index (χ0) is 10.5. The summed E-state index contributed by atoms with van der Waals surface area (Å²) in [5.41, 5.74) is 0. The molecule has 1 aliphatic heterocycles. The summed E-state index contributed by atoms with van der Waals surface area (Å²) in [6.45, 7) is 5.79. The van der Waals surface area contributed by atoms with Crippen molar-refractivity contribution in [1.82, 2.24) is 10.6 Å². The lowest BCUT2D eigenvalue weighted by Gasteiger charge is -2.24. The Kier molecular flexibility index (Phi) is 4.18. The predicted molar refractivity (Wildman–Crippen MR) is 66.3 cm³/mol. The molecule has 0 spiro atoms. The minimum atomic E-state index is 0.506. The van der Waals surface area contributed by atoms with Crippen LogP contribution in [0.3, 0.4) is 0 Å². The van der Waals surface area contributed by atoms with E-state index in [4.69, 9.17) is 0 Å². The van der Waals surface area contributed by atoms with Crippen molar-refractivity contribution in [2.45, 2.75) is 25.8 Å². The molecule has 1 aromatic rings. The number of hydrogen-bond donors (Lipinski definition) is 2. The summed E-state index contributed by atoms with van der Waals surface area (Å²) in [5, 5.41) is 9.23. The number of rotatable bonds is 4. The van der Waals surface area contributed by atoms with Gasteiger partial charge in [0.2, 0.25) is 0 Å². The van der Waals surface area contributed by atoms with Crippen molar-refractivity contribution in [1.29, 1.82) is 0 Å². The highest BCUT2D eigenvalue weighted by atomic mass is 32.1. The second kappa shape index (κ2) is 5.64. The molecule has 0 aliphatic carbocycles. The summed E-state index contributed by atoms with van der Waals surface area (Å²) >= 11 is 1.84. The Balaban J connectivity index is 1.73. The fourth-order valence-corrected chi connectivity index (χ4v) is 2.84. The van der Waals surface area contributed by atoms with Gasteiger partial charge < -0.3 is 10.6 Å². The first-order valence-corrected chi connectivity index (χ1v) is 6.71. The van der Waals surface area contributed by atoms with E-state index in [9.17, 15) is 0 Å². The zero-order valence-corrected chi connectivity index (χ0v) is 10.1. The van der Waals surface area contributed by atoms with Gasteiger partial charge in [0.1, 0.15) is 0 Å². The molecule has 15 heavy (non-hydrogen) atoms. The Bertz CT molecular complexity index is 265. The monoisotopic (exact) mass is 224 g/mol. The third-order valence-electron chi connectivity index (χ3n) is 3.08. The van der Waals surface area contributed by atoms with Gasteiger partial charge in [-0.25, -0.2) is 0 Å². The van der Waals surface area contributed by atoms with Crippen molar-refractivity contribution in [3.8, 4) is 0 Å². The number of thiophene rings is 1. The molecule has 2 nitrogen and oxygen atoms in total. The zero-order valence-electron chi connectivity index (χ0n) is 9.33. The molecular weight excluding hydrogens is 204 g/mol. The van der Waals surface area contributed by atoms with Gasteiger partial charge in [-0.05, 0) is 56.8 Å². The number of piperidine rings is 1. The average molecular weight is 224 g/mol. The fourth-order valence-electron chi connectivity index (χ4n) is 2.08. The van der Waals surface area contributed by atoms with Crippen molar-refractivity contribution in [3.05, 3.63) is 22.4 Å². The molecule has 0 amide bonds. The molecule has 2 atom stereocenters. The molecule has 1 aromatic heterocycles. The standard InChI is InChI=1S/C12H20N2S/c1-10(12-5-3-7-15-12)14-9-11-4-2-6-13-8-11/h3,5,7,10-11,13-14H,2,4,6,8-9H2,1H3/t10-,11-/m1/s1. The van der Waals surface area contributed by atoms with Gasteiger partial charge >= 0.3 is 0 Å². The van der Waals surface area contributed by atoms with Gasteiger partial charge in [0.25, 0.3) is 0 Å². The minimum Gasteiger partial charge on any atom is -0.316 e. The van der Waals surface area contributed by atoms with Gasteiger partial charge in [0, 0.05) is 10.9 Å². The third-order valence-corrected chi connectivity index (χ3v) is 4.14. The second-order valence-electron chi connectivity index (χ2n) is 4.36. The summed E-state index contributed by atoms with van der Waals surface area (Å²) in [6.07, 6.45) is 2.71. The van der Waals surface area contributed by atoms with E-state index in [0.29, 0.717) is 6.04 Å². The summed E-state index contributed by atoms with van der Waals surface area (Å²) in [6, 6.07) is 4.84. The molecule has 0 saturated carbocycles. The van der Waals surface area contributed by atoms with Crippen LogP contribution in [0, 0.1) is 5.92 Å². The van der Waals surface area contributed by atoms with E-state index in [2.05, 4.69) is 35.1 Å². The molecule has 2 heterocycles. The Hall–Kier alpha value is -0.380. The third kappa shape index (κ3) is 3.30. The maximum Gasteiger partial charge on any atom is 0.0386 e. The molecule has 0 unspecified atom stereocenters. The molecule has 2 N–H and O–H groups in total. The predicted octanol–water partition coefficient (Wildman–Crippen LogP) is 2.40. The largest absolute Gasteiger partial charge is 0.316 e. The lowest BCUT2D eigenvalue weighted by Crippen LogP contribution is -2.36. The Labute approximate surface area is 96.1 Å². The Morgan fingerprint density at radius 2 is 2.60 bits per heavy atom. The van der Waals surface area contributed by atoms with E-state index in [1.807, 2.05) is 11.3 Å². The van der Waals surface area contributed by atoms with Crippen LogP contribution in [0.4, 0.5) is 0 Å². The molecule has 1 saturated heterocycles. The smallest absolute Gasteiger partial charge is 0.0386 e. The van der Waals surface area contributed by atoms with Crippen LogP contribution in [-0.2, 0) is 0 Å². The van der Waals surface area contributed by atoms with Crippen LogP contribution in [-0.4, -0.2) is 19.6 Å². The molecule has 1 aliphatic rings. The van der Waals surface area contributed by atoms with Crippen LogP contribution < -0.4 is 10.6 Å². The van der Waals surface area contributed by atoms with E-state index in [1.165, 1.54) is 30.8 Å². The van der Waals surface area contributed by atoms with Crippen molar-refractivity contribution in [3.63, 3.8) is 0 Å². The van der Waals surface area contributed by atoms with Crippen LogP contribution in [0.2, 0.25) is 0 Å². The van der Waals surface area contributed by atoms with Gasteiger partial charge in [0.15, 0.2) is 0 Å². The van der Waals surface area contributed by atoms with E-state index in [1.54, 1.807) is 0 Å². The van der Waals surface area contributed by atoms with Crippen molar-refractivity contribution in [2.24, 2.45) is 5.92 Å². The van der Waals surface area contributed by atoms with Gasteiger partial charge in [-0.2, -0.15) is 0 Å². The van der Waals surface area contributed by atoms with Crippen LogP contribution in [0.5, 0.6) is 0 Å². The van der Waals surface area contributed by atoms with Crippen molar-refractivity contribution >= 4 is 11.3 Å². The van der Waals surface area contributed by atoms with Crippen molar-refractivity contribution in [2.75, 3.05) is 19.6 Å². The van der Waals surface area contributed by atoms with E-state index < -0.39 is 0 Å². The van der Waals surface area contributed by atoms with E-state index >= 15 is 0 Å². The number of hydrogen-bond acceptors (Lipinski definition) is 3. The van der Waals surface area contributed by atoms with Gasteiger partial charge in [-0.15, -0.1) is 11.3 Å². The topological polar surface area (TPSA) is 24.1 Å². The first-order valence-electron chi connectivity index (χ1n) is 5.84. The molecular formula is C12H20N2S. The van der Waals surface area contributed by atoms with Gasteiger partial charge in [-0.1, -0.05) is 6.07 Å². The molecule has 2 rings (SSSR count). The maximum atomic E-state index is 3.63. The van der Waals surface area contributed by atoms with E-state index in [0.717, 1.165) is 12.5 Å². The highest BCUT2D eigenvalue weighted by molar-refractivity contribution is 7.10. The summed E-state index contributed by atoms with van der Waals surface area (Å²) in [5.74, 6) is 0.821. The van der Waals surface area contributed by atoms with E-state index in [-0.39, 0.29) is 0 Å². The summed E-state index contributed by atoms with van der Waals surface area (Å²) < 4.78 is 0. The SMILES string of the molecule is C[C@@H](NC[C@@H]1CCCNC1)c1cccs1. The lowest BCUT2D eigenvalue weighted by molar-refractivity contribution is 0.349. The Morgan fingerprint density at radius 1 is 1.67 bits per heavy atom. The first-order chi connectivity index (χ1) is 7.36. The van der Waals surface area contributed by atoms with Crippen LogP contribution in [0.15, 0.2) is 17.5 Å².